The molecule has 0 radical (unpaired) electrons. The minimum Gasteiger partial charge on any atom is -0.381 e. The maximum Gasteiger partial charge on any atom is 0.0499 e. The van der Waals surface area contributed by atoms with E-state index in [1.165, 1.54) is 19.3 Å². The second kappa shape index (κ2) is 4.86. The van der Waals surface area contributed by atoms with Crippen LogP contribution >= 0.6 is 0 Å². The number of ether oxygens (including phenoxy) is 1. The van der Waals surface area contributed by atoms with Crippen LogP contribution < -0.4 is 0 Å². The van der Waals surface area contributed by atoms with E-state index >= 15 is 0 Å². The fourth-order valence-corrected chi connectivity index (χ4v) is 2.33. The molecule has 1 fully saturated rings. The Kier molecular flexibility index (Phi) is 4.07. The highest BCUT2D eigenvalue weighted by atomic mass is 16.5. The first-order valence-corrected chi connectivity index (χ1v) is 5.33. The standard InChI is InChI=1S/C11H22O/c1-4-12-8-11-9(2)6-5-7-10(11)3/h9-11H,4-8H2,1-3H3/t9-,10+,11+. The molecule has 0 unspecified atom stereocenters. The molecule has 0 aliphatic heterocycles. The van der Waals surface area contributed by atoms with E-state index < -0.39 is 0 Å². The van der Waals surface area contributed by atoms with Crippen molar-refractivity contribution in [2.75, 3.05) is 13.2 Å². The highest BCUT2D eigenvalue weighted by molar-refractivity contribution is 4.77. The van der Waals surface area contributed by atoms with Crippen LogP contribution in [-0.2, 0) is 4.74 Å². The maximum absolute atomic E-state index is 5.51. The van der Waals surface area contributed by atoms with Gasteiger partial charge in [-0.3, -0.25) is 0 Å². The van der Waals surface area contributed by atoms with Crippen LogP contribution in [0.2, 0.25) is 0 Å². The van der Waals surface area contributed by atoms with Gasteiger partial charge in [-0.15, -0.1) is 0 Å². The molecule has 1 heteroatoms. The van der Waals surface area contributed by atoms with E-state index in [0.717, 1.165) is 31.0 Å². The molecule has 0 saturated heterocycles. The third kappa shape index (κ3) is 2.48. The van der Waals surface area contributed by atoms with Crippen molar-refractivity contribution in [3.05, 3.63) is 0 Å². The largest absolute Gasteiger partial charge is 0.381 e. The molecule has 72 valence electrons. The quantitative estimate of drug-likeness (QED) is 0.632. The molecule has 0 aromatic heterocycles. The zero-order valence-corrected chi connectivity index (χ0v) is 8.68. The van der Waals surface area contributed by atoms with Crippen molar-refractivity contribution < 1.29 is 4.74 Å². The van der Waals surface area contributed by atoms with Crippen LogP contribution in [0.4, 0.5) is 0 Å². The third-order valence-electron chi connectivity index (χ3n) is 3.30. The molecule has 1 nitrogen and oxygen atoms in total. The molecular formula is C11H22O. The van der Waals surface area contributed by atoms with Crippen molar-refractivity contribution in [3.8, 4) is 0 Å². The molecule has 0 bridgehead atoms. The molecule has 0 spiro atoms. The Morgan fingerprint density at radius 3 is 2.25 bits per heavy atom. The summed E-state index contributed by atoms with van der Waals surface area (Å²) in [5, 5.41) is 0. The van der Waals surface area contributed by atoms with Gasteiger partial charge in [0.2, 0.25) is 0 Å². The van der Waals surface area contributed by atoms with E-state index in [1.54, 1.807) is 0 Å². The molecular weight excluding hydrogens is 148 g/mol. The lowest BCUT2D eigenvalue weighted by Crippen LogP contribution is -2.28. The van der Waals surface area contributed by atoms with Gasteiger partial charge in [0.1, 0.15) is 0 Å². The molecule has 1 aliphatic rings. The van der Waals surface area contributed by atoms with E-state index in [2.05, 4.69) is 20.8 Å². The molecule has 1 saturated carbocycles. The first kappa shape index (κ1) is 10.0. The first-order chi connectivity index (χ1) is 5.75. The van der Waals surface area contributed by atoms with Crippen molar-refractivity contribution in [2.45, 2.75) is 40.0 Å². The molecule has 0 heterocycles. The zero-order chi connectivity index (χ0) is 8.97. The fraction of sp³-hybridized carbons (Fsp3) is 1.00. The average molecular weight is 170 g/mol. The monoisotopic (exact) mass is 170 g/mol. The number of rotatable bonds is 3. The van der Waals surface area contributed by atoms with E-state index in [1.807, 2.05) is 0 Å². The van der Waals surface area contributed by atoms with Crippen LogP contribution in [0.1, 0.15) is 40.0 Å². The Balaban J connectivity index is 2.34. The van der Waals surface area contributed by atoms with Gasteiger partial charge >= 0.3 is 0 Å². The van der Waals surface area contributed by atoms with E-state index in [0.29, 0.717) is 0 Å². The van der Waals surface area contributed by atoms with Gasteiger partial charge in [-0.05, 0) is 24.7 Å². The predicted molar refractivity (Wildman–Crippen MR) is 52.2 cm³/mol. The van der Waals surface area contributed by atoms with Crippen LogP contribution in [0, 0.1) is 17.8 Å². The second-order valence-corrected chi connectivity index (χ2v) is 4.21. The number of hydrogen-bond acceptors (Lipinski definition) is 1. The Hall–Kier alpha value is -0.0400. The molecule has 0 aromatic carbocycles. The SMILES string of the molecule is CCOC[C@H]1[C@H](C)CCC[C@@H]1C. The van der Waals surface area contributed by atoms with Gasteiger partial charge in [-0.2, -0.15) is 0 Å². The predicted octanol–water partition coefficient (Wildman–Crippen LogP) is 3.10. The van der Waals surface area contributed by atoms with E-state index in [-0.39, 0.29) is 0 Å². The normalized spacial score (nSPS) is 36.8. The summed E-state index contributed by atoms with van der Waals surface area (Å²) in [6.45, 7) is 8.69. The van der Waals surface area contributed by atoms with Gasteiger partial charge in [-0.1, -0.05) is 33.1 Å². The highest BCUT2D eigenvalue weighted by Gasteiger charge is 2.27. The zero-order valence-electron chi connectivity index (χ0n) is 8.68. The van der Waals surface area contributed by atoms with Gasteiger partial charge in [0.05, 0.1) is 0 Å². The molecule has 1 aliphatic carbocycles. The van der Waals surface area contributed by atoms with Gasteiger partial charge in [0.25, 0.3) is 0 Å². The lowest BCUT2D eigenvalue weighted by Gasteiger charge is -2.34. The number of hydrogen-bond donors (Lipinski definition) is 0. The van der Waals surface area contributed by atoms with Gasteiger partial charge < -0.3 is 4.74 Å². The average Bonchev–Trinajstić information content (AvgIpc) is 2.04. The Labute approximate surface area is 76.5 Å². The smallest absolute Gasteiger partial charge is 0.0499 e. The van der Waals surface area contributed by atoms with Crippen molar-refractivity contribution in [1.82, 2.24) is 0 Å². The van der Waals surface area contributed by atoms with Gasteiger partial charge in [-0.25, -0.2) is 0 Å². The van der Waals surface area contributed by atoms with Crippen LogP contribution in [0.25, 0.3) is 0 Å². The Morgan fingerprint density at radius 2 is 1.75 bits per heavy atom. The van der Waals surface area contributed by atoms with Crippen LogP contribution in [0.5, 0.6) is 0 Å². The summed E-state index contributed by atoms with van der Waals surface area (Å²) in [6, 6.07) is 0. The summed E-state index contributed by atoms with van der Waals surface area (Å²) < 4.78 is 5.51. The molecule has 1 rings (SSSR count). The molecule has 0 aromatic rings. The maximum atomic E-state index is 5.51. The summed E-state index contributed by atoms with van der Waals surface area (Å²) in [4.78, 5) is 0. The molecule has 12 heavy (non-hydrogen) atoms. The highest BCUT2D eigenvalue weighted by Crippen LogP contribution is 2.34. The molecule has 0 N–H and O–H groups in total. The van der Waals surface area contributed by atoms with E-state index in [4.69, 9.17) is 4.74 Å². The summed E-state index contributed by atoms with van der Waals surface area (Å²) >= 11 is 0. The van der Waals surface area contributed by atoms with Crippen molar-refractivity contribution >= 4 is 0 Å². The van der Waals surface area contributed by atoms with Crippen molar-refractivity contribution in [3.63, 3.8) is 0 Å². The second-order valence-electron chi connectivity index (χ2n) is 4.21. The summed E-state index contributed by atoms with van der Waals surface area (Å²) in [6.07, 6.45) is 4.23. The van der Waals surface area contributed by atoms with Crippen LogP contribution in [0.15, 0.2) is 0 Å². The molecule has 0 amide bonds. The third-order valence-corrected chi connectivity index (χ3v) is 3.30. The summed E-state index contributed by atoms with van der Waals surface area (Å²) in [7, 11) is 0. The molecule has 3 atom stereocenters. The van der Waals surface area contributed by atoms with Crippen molar-refractivity contribution in [1.29, 1.82) is 0 Å². The topological polar surface area (TPSA) is 9.23 Å². The summed E-state index contributed by atoms with van der Waals surface area (Å²) in [5.74, 6) is 2.57. The minimum absolute atomic E-state index is 0.818. The summed E-state index contributed by atoms with van der Waals surface area (Å²) in [5.41, 5.74) is 0. The first-order valence-electron chi connectivity index (χ1n) is 5.33. The van der Waals surface area contributed by atoms with E-state index in [9.17, 15) is 0 Å². The Bertz CT molecular complexity index is 112. The minimum atomic E-state index is 0.818. The van der Waals surface area contributed by atoms with Gasteiger partial charge in [0, 0.05) is 13.2 Å². The Morgan fingerprint density at radius 1 is 1.17 bits per heavy atom. The lowest BCUT2D eigenvalue weighted by molar-refractivity contribution is 0.0438. The van der Waals surface area contributed by atoms with Crippen LogP contribution in [0.3, 0.4) is 0 Å². The fourth-order valence-electron chi connectivity index (χ4n) is 2.33. The van der Waals surface area contributed by atoms with Crippen LogP contribution in [-0.4, -0.2) is 13.2 Å². The van der Waals surface area contributed by atoms with Crippen molar-refractivity contribution in [2.24, 2.45) is 17.8 Å². The van der Waals surface area contributed by atoms with Gasteiger partial charge in [0.15, 0.2) is 0 Å². The lowest BCUT2D eigenvalue weighted by atomic mass is 9.74.